The van der Waals surface area contributed by atoms with E-state index in [0.29, 0.717) is 5.92 Å². The molecular formula is C13H17NO2. The molecule has 0 aromatic heterocycles. The Bertz CT molecular complexity index is 359. The van der Waals surface area contributed by atoms with Gasteiger partial charge in [0.25, 0.3) is 0 Å². The van der Waals surface area contributed by atoms with Gasteiger partial charge >= 0.3 is 5.97 Å². The normalized spacial score (nSPS) is 19.1. The molecule has 1 aromatic rings. The summed E-state index contributed by atoms with van der Waals surface area (Å²) in [6.45, 7) is 2.01. The second-order valence-electron chi connectivity index (χ2n) is 4.45. The third-order valence-electron chi connectivity index (χ3n) is 3.09. The van der Waals surface area contributed by atoms with Crippen LogP contribution in [0.1, 0.15) is 31.4 Å². The van der Waals surface area contributed by atoms with Crippen molar-refractivity contribution in [3.05, 3.63) is 35.9 Å². The van der Waals surface area contributed by atoms with Crippen molar-refractivity contribution in [3.63, 3.8) is 0 Å². The molecule has 0 aliphatic heterocycles. The molecule has 86 valence electrons. The Kier molecular flexibility index (Phi) is 3.25. The number of rotatable bonds is 5. The van der Waals surface area contributed by atoms with Crippen molar-refractivity contribution < 1.29 is 9.90 Å². The summed E-state index contributed by atoms with van der Waals surface area (Å²) in [5.74, 6) is -0.408. The van der Waals surface area contributed by atoms with Crippen LogP contribution in [-0.4, -0.2) is 17.1 Å². The number of nitrogens with one attached hydrogen (secondary N) is 1. The van der Waals surface area contributed by atoms with Crippen LogP contribution in [0, 0.1) is 5.92 Å². The van der Waals surface area contributed by atoms with Crippen LogP contribution < -0.4 is 5.32 Å². The molecule has 2 unspecified atom stereocenters. The van der Waals surface area contributed by atoms with Gasteiger partial charge in [-0.05, 0) is 31.2 Å². The molecule has 0 radical (unpaired) electrons. The smallest absolute Gasteiger partial charge is 0.320 e. The number of carboxylic acid groups (broad SMARTS) is 1. The first-order valence-corrected chi connectivity index (χ1v) is 5.72. The first-order chi connectivity index (χ1) is 7.68. The fourth-order valence-corrected chi connectivity index (χ4v) is 1.95. The van der Waals surface area contributed by atoms with Gasteiger partial charge in [-0.3, -0.25) is 10.1 Å². The van der Waals surface area contributed by atoms with Gasteiger partial charge < -0.3 is 5.11 Å². The van der Waals surface area contributed by atoms with E-state index in [4.69, 9.17) is 5.11 Å². The van der Waals surface area contributed by atoms with E-state index in [1.54, 1.807) is 0 Å². The fourth-order valence-electron chi connectivity index (χ4n) is 1.95. The lowest BCUT2D eigenvalue weighted by atomic mass is 10.1. The van der Waals surface area contributed by atoms with Crippen molar-refractivity contribution in [3.8, 4) is 0 Å². The lowest BCUT2D eigenvalue weighted by Crippen LogP contribution is -2.39. The first-order valence-electron chi connectivity index (χ1n) is 5.72. The van der Waals surface area contributed by atoms with Crippen LogP contribution in [0.2, 0.25) is 0 Å². The Hall–Kier alpha value is -1.35. The van der Waals surface area contributed by atoms with E-state index < -0.39 is 12.0 Å². The standard InChI is InChI=1S/C13H17NO2/c1-9(10-5-3-2-4-6-10)14-12(13(15)16)11-7-8-11/h2-6,9,11-12,14H,7-8H2,1H3,(H,15,16). The minimum absolute atomic E-state index is 0.0860. The second-order valence-corrected chi connectivity index (χ2v) is 4.45. The Balaban J connectivity index is 2.00. The molecule has 2 atom stereocenters. The van der Waals surface area contributed by atoms with Gasteiger partial charge in [0.2, 0.25) is 0 Å². The van der Waals surface area contributed by atoms with Crippen LogP contribution in [0.25, 0.3) is 0 Å². The number of carboxylic acids is 1. The Morgan fingerprint density at radius 3 is 2.50 bits per heavy atom. The molecule has 2 rings (SSSR count). The largest absolute Gasteiger partial charge is 0.480 e. The van der Waals surface area contributed by atoms with E-state index >= 15 is 0 Å². The van der Waals surface area contributed by atoms with Crippen molar-refractivity contribution in [2.24, 2.45) is 5.92 Å². The highest BCUT2D eigenvalue weighted by Crippen LogP contribution is 2.33. The fraction of sp³-hybridized carbons (Fsp3) is 0.462. The molecule has 0 spiro atoms. The average Bonchev–Trinajstić information content (AvgIpc) is 3.10. The third-order valence-corrected chi connectivity index (χ3v) is 3.09. The summed E-state index contributed by atoms with van der Waals surface area (Å²) in [6.07, 6.45) is 2.07. The molecule has 3 heteroatoms. The van der Waals surface area contributed by atoms with E-state index in [0.717, 1.165) is 18.4 Å². The van der Waals surface area contributed by atoms with Crippen molar-refractivity contribution in [2.75, 3.05) is 0 Å². The Morgan fingerprint density at radius 2 is 2.00 bits per heavy atom. The summed E-state index contributed by atoms with van der Waals surface area (Å²) >= 11 is 0. The van der Waals surface area contributed by atoms with Gasteiger partial charge in [-0.2, -0.15) is 0 Å². The summed E-state index contributed by atoms with van der Waals surface area (Å²) in [7, 11) is 0. The van der Waals surface area contributed by atoms with Crippen LogP contribution in [0.5, 0.6) is 0 Å². The summed E-state index contributed by atoms with van der Waals surface area (Å²) in [6, 6.07) is 9.64. The summed E-state index contributed by atoms with van der Waals surface area (Å²) in [5.41, 5.74) is 1.13. The molecule has 0 amide bonds. The quantitative estimate of drug-likeness (QED) is 0.798. The van der Waals surface area contributed by atoms with Crippen molar-refractivity contribution in [2.45, 2.75) is 31.8 Å². The highest BCUT2D eigenvalue weighted by atomic mass is 16.4. The molecule has 3 nitrogen and oxygen atoms in total. The van der Waals surface area contributed by atoms with Gasteiger partial charge in [0, 0.05) is 6.04 Å². The van der Waals surface area contributed by atoms with E-state index in [-0.39, 0.29) is 6.04 Å². The maximum absolute atomic E-state index is 11.1. The summed E-state index contributed by atoms with van der Waals surface area (Å²) in [4.78, 5) is 11.1. The molecule has 16 heavy (non-hydrogen) atoms. The van der Waals surface area contributed by atoms with Crippen LogP contribution in [-0.2, 0) is 4.79 Å². The molecule has 1 aromatic carbocycles. The molecule has 1 saturated carbocycles. The highest BCUT2D eigenvalue weighted by Gasteiger charge is 2.36. The van der Waals surface area contributed by atoms with E-state index in [9.17, 15) is 4.79 Å². The van der Waals surface area contributed by atoms with E-state index in [1.807, 2.05) is 37.3 Å². The predicted molar refractivity (Wildman–Crippen MR) is 62.1 cm³/mol. The van der Waals surface area contributed by atoms with Crippen molar-refractivity contribution >= 4 is 5.97 Å². The third kappa shape index (κ3) is 2.61. The molecule has 0 saturated heterocycles. The second kappa shape index (κ2) is 4.66. The zero-order valence-corrected chi connectivity index (χ0v) is 9.39. The maximum atomic E-state index is 11.1. The van der Waals surface area contributed by atoms with Gasteiger partial charge in [0.05, 0.1) is 0 Å². The van der Waals surface area contributed by atoms with Crippen LogP contribution in [0.15, 0.2) is 30.3 Å². The topological polar surface area (TPSA) is 49.3 Å². The minimum atomic E-state index is -0.731. The zero-order valence-electron chi connectivity index (χ0n) is 9.39. The summed E-state index contributed by atoms with van der Waals surface area (Å²) < 4.78 is 0. The molecule has 0 heterocycles. The van der Waals surface area contributed by atoms with E-state index in [1.165, 1.54) is 0 Å². The number of hydrogen-bond donors (Lipinski definition) is 2. The molecule has 1 fully saturated rings. The minimum Gasteiger partial charge on any atom is -0.480 e. The number of carbonyl (C=O) groups is 1. The first kappa shape index (κ1) is 11.1. The SMILES string of the molecule is CC(NC(C(=O)O)C1CC1)c1ccccc1. The van der Waals surface area contributed by atoms with Gasteiger partial charge in [-0.15, -0.1) is 0 Å². The van der Waals surface area contributed by atoms with Crippen molar-refractivity contribution in [1.29, 1.82) is 0 Å². The predicted octanol–water partition coefficient (Wildman–Crippen LogP) is 2.20. The van der Waals surface area contributed by atoms with Crippen LogP contribution in [0.3, 0.4) is 0 Å². The molecule has 2 N–H and O–H groups in total. The number of benzene rings is 1. The summed E-state index contributed by atoms with van der Waals surface area (Å²) in [5, 5.41) is 12.3. The Morgan fingerprint density at radius 1 is 1.38 bits per heavy atom. The molecule has 1 aliphatic rings. The Labute approximate surface area is 95.5 Å². The molecular weight excluding hydrogens is 202 g/mol. The highest BCUT2D eigenvalue weighted by molar-refractivity contribution is 5.74. The monoisotopic (exact) mass is 219 g/mol. The van der Waals surface area contributed by atoms with Crippen molar-refractivity contribution in [1.82, 2.24) is 5.32 Å². The zero-order chi connectivity index (χ0) is 11.5. The van der Waals surface area contributed by atoms with Crippen LogP contribution >= 0.6 is 0 Å². The van der Waals surface area contributed by atoms with Gasteiger partial charge in [-0.1, -0.05) is 30.3 Å². The van der Waals surface area contributed by atoms with E-state index in [2.05, 4.69) is 5.32 Å². The number of hydrogen-bond acceptors (Lipinski definition) is 2. The van der Waals surface area contributed by atoms with Gasteiger partial charge in [-0.25, -0.2) is 0 Å². The van der Waals surface area contributed by atoms with Gasteiger partial charge in [0.15, 0.2) is 0 Å². The maximum Gasteiger partial charge on any atom is 0.320 e. The molecule has 0 bridgehead atoms. The average molecular weight is 219 g/mol. The van der Waals surface area contributed by atoms with Gasteiger partial charge in [0.1, 0.15) is 6.04 Å². The number of aliphatic carboxylic acids is 1. The lowest BCUT2D eigenvalue weighted by molar-refractivity contribution is -0.140. The lowest BCUT2D eigenvalue weighted by Gasteiger charge is -2.20. The molecule has 1 aliphatic carbocycles. The van der Waals surface area contributed by atoms with Crippen LogP contribution in [0.4, 0.5) is 0 Å².